The fraction of sp³-hybridized carbons (Fsp3) is 0.611. The normalized spacial score (nSPS) is 23.4. The number of carbonyl (C=O) groups excluding carboxylic acids is 1. The van der Waals surface area contributed by atoms with Crippen LogP contribution in [0.25, 0.3) is 0 Å². The lowest BCUT2D eigenvalue weighted by atomic mass is 9.86. The van der Waals surface area contributed by atoms with Crippen molar-refractivity contribution in [3.05, 3.63) is 35.4 Å². The summed E-state index contributed by atoms with van der Waals surface area (Å²) in [5.74, 6) is -0.00203. The lowest BCUT2D eigenvalue weighted by Crippen LogP contribution is -2.46. The molecular formula is C18H28N2O. The number of hydrogen-bond donors (Lipinski definition) is 2. The maximum Gasteiger partial charge on any atom is 0.251 e. The Hall–Kier alpha value is -1.35. The summed E-state index contributed by atoms with van der Waals surface area (Å²) in [6.45, 7) is 6.52. The van der Waals surface area contributed by atoms with Gasteiger partial charge in [-0.25, -0.2) is 0 Å². The summed E-state index contributed by atoms with van der Waals surface area (Å²) in [7, 11) is 0. The summed E-state index contributed by atoms with van der Waals surface area (Å²) in [5, 5.41) is 3.12. The maximum absolute atomic E-state index is 12.4. The molecule has 0 bridgehead atoms. The molecular weight excluding hydrogens is 260 g/mol. The van der Waals surface area contributed by atoms with Gasteiger partial charge in [0.05, 0.1) is 0 Å². The third-order valence-electron chi connectivity index (χ3n) is 4.40. The highest BCUT2D eigenvalue weighted by atomic mass is 16.1. The van der Waals surface area contributed by atoms with Crippen molar-refractivity contribution in [2.24, 2.45) is 5.73 Å². The number of nitrogens with two attached hydrogens (primary N) is 1. The van der Waals surface area contributed by atoms with Crippen molar-refractivity contribution in [2.45, 2.75) is 70.4 Å². The molecule has 116 valence electrons. The summed E-state index contributed by atoms with van der Waals surface area (Å²) in [5.41, 5.74) is 8.24. The van der Waals surface area contributed by atoms with Gasteiger partial charge in [0, 0.05) is 17.6 Å². The first-order chi connectivity index (χ1) is 9.88. The van der Waals surface area contributed by atoms with Gasteiger partial charge >= 0.3 is 0 Å². The molecule has 0 spiro atoms. The molecule has 0 radical (unpaired) electrons. The number of carbonyl (C=O) groups is 1. The van der Waals surface area contributed by atoms with Crippen molar-refractivity contribution in [3.63, 3.8) is 0 Å². The molecule has 3 heteroatoms. The van der Waals surface area contributed by atoms with Gasteiger partial charge < -0.3 is 11.1 Å². The van der Waals surface area contributed by atoms with Gasteiger partial charge in [0.25, 0.3) is 5.91 Å². The Morgan fingerprint density at radius 2 is 1.71 bits per heavy atom. The van der Waals surface area contributed by atoms with Gasteiger partial charge in [-0.05, 0) is 36.0 Å². The molecule has 1 amide bonds. The highest BCUT2D eigenvalue weighted by Crippen LogP contribution is 2.22. The molecule has 0 saturated heterocycles. The van der Waals surface area contributed by atoms with Gasteiger partial charge in [0.15, 0.2) is 0 Å². The number of hydrogen-bond acceptors (Lipinski definition) is 2. The zero-order valence-electron chi connectivity index (χ0n) is 13.5. The Morgan fingerprint density at radius 1 is 1.10 bits per heavy atom. The van der Waals surface area contributed by atoms with Gasteiger partial charge in [0.2, 0.25) is 0 Å². The van der Waals surface area contributed by atoms with Crippen LogP contribution < -0.4 is 11.1 Å². The van der Waals surface area contributed by atoms with E-state index in [4.69, 9.17) is 5.73 Å². The van der Waals surface area contributed by atoms with E-state index >= 15 is 0 Å². The van der Waals surface area contributed by atoms with Crippen molar-refractivity contribution >= 4 is 5.91 Å². The molecule has 1 aliphatic rings. The van der Waals surface area contributed by atoms with Gasteiger partial charge in [-0.1, -0.05) is 52.2 Å². The summed E-state index contributed by atoms with van der Waals surface area (Å²) in [6, 6.07) is 8.12. The van der Waals surface area contributed by atoms with Gasteiger partial charge in [0.1, 0.15) is 0 Å². The first-order valence-electron chi connectivity index (χ1n) is 8.05. The Bertz CT molecular complexity index is 473. The quantitative estimate of drug-likeness (QED) is 0.820. The van der Waals surface area contributed by atoms with Crippen LogP contribution in [-0.4, -0.2) is 18.0 Å². The van der Waals surface area contributed by atoms with Crippen LogP contribution in [0.2, 0.25) is 0 Å². The van der Waals surface area contributed by atoms with Gasteiger partial charge in [-0.15, -0.1) is 0 Å². The standard InChI is InChI=1S/C18H28N2O/c1-18(2,3)14-11-9-13(10-12-14)17(21)20-16-8-6-4-5-7-15(16)19/h9-12,15-16H,4-8,19H2,1-3H3,(H,20,21). The van der Waals surface area contributed by atoms with E-state index in [0.29, 0.717) is 0 Å². The van der Waals surface area contributed by atoms with Crippen LogP contribution in [0.3, 0.4) is 0 Å². The van der Waals surface area contributed by atoms with Crippen molar-refractivity contribution in [1.29, 1.82) is 0 Å². The minimum absolute atomic E-state index is 0.00203. The van der Waals surface area contributed by atoms with E-state index in [1.165, 1.54) is 18.4 Å². The fourth-order valence-electron chi connectivity index (χ4n) is 2.89. The fourth-order valence-corrected chi connectivity index (χ4v) is 2.89. The third kappa shape index (κ3) is 4.31. The molecule has 0 aromatic heterocycles. The van der Waals surface area contributed by atoms with Crippen molar-refractivity contribution in [3.8, 4) is 0 Å². The Morgan fingerprint density at radius 3 is 2.33 bits per heavy atom. The summed E-state index contributed by atoms with van der Waals surface area (Å²) in [4.78, 5) is 12.4. The van der Waals surface area contributed by atoms with Crippen LogP contribution in [-0.2, 0) is 5.41 Å². The van der Waals surface area contributed by atoms with E-state index in [1.54, 1.807) is 0 Å². The SMILES string of the molecule is CC(C)(C)c1ccc(C(=O)NC2CCCCCC2N)cc1. The second-order valence-electron chi connectivity index (χ2n) is 7.21. The molecule has 2 atom stereocenters. The smallest absolute Gasteiger partial charge is 0.251 e. The summed E-state index contributed by atoms with van der Waals surface area (Å²) < 4.78 is 0. The van der Waals surface area contributed by atoms with E-state index in [-0.39, 0.29) is 23.4 Å². The van der Waals surface area contributed by atoms with E-state index < -0.39 is 0 Å². The largest absolute Gasteiger partial charge is 0.348 e. The minimum Gasteiger partial charge on any atom is -0.348 e. The second kappa shape index (κ2) is 6.61. The number of amides is 1. The second-order valence-corrected chi connectivity index (χ2v) is 7.21. The minimum atomic E-state index is -0.00203. The first kappa shape index (κ1) is 16.0. The lowest BCUT2D eigenvalue weighted by molar-refractivity contribution is 0.0929. The molecule has 21 heavy (non-hydrogen) atoms. The Labute approximate surface area is 128 Å². The maximum atomic E-state index is 12.4. The lowest BCUT2D eigenvalue weighted by Gasteiger charge is -2.23. The molecule has 1 aromatic carbocycles. The molecule has 3 nitrogen and oxygen atoms in total. The predicted octanol–water partition coefficient (Wildman–Crippen LogP) is 3.37. The number of nitrogens with one attached hydrogen (secondary N) is 1. The van der Waals surface area contributed by atoms with Crippen molar-refractivity contribution < 1.29 is 4.79 Å². The average Bonchev–Trinajstić information content (AvgIpc) is 2.63. The van der Waals surface area contributed by atoms with E-state index in [2.05, 4.69) is 26.1 Å². The summed E-state index contributed by atoms with van der Waals surface area (Å²) >= 11 is 0. The zero-order valence-corrected chi connectivity index (χ0v) is 13.5. The topological polar surface area (TPSA) is 55.1 Å². The van der Waals surface area contributed by atoms with Crippen LogP contribution in [0, 0.1) is 0 Å². The highest BCUT2D eigenvalue weighted by Gasteiger charge is 2.22. The molecule has 0 aliphatic heterocycles. The van der Waals surface area contributed by atoms with Gasteiger partial charge in [-0.2, -0.15) is 0 Å². The average molecular weight is 288 g/mol. The van der Waals surface area contributed by atoms with Crippen LogP contribution in [0.1, 0.15) is 68.8 Å². The summed E-state index contributed by atoms with van der Waals surface area (Å²) in [6.07, 6.45) is 5.55. The zero-order chi connectivity index (χ0) is 15.5. The number of rotatable bonds is 2. The molecule has 1 aromatic rings. The monoisotopic (exact) mass is 288 g/mol. The van der Waals surface area contributed by atoms with Gasteiger partial charge in [-0.3, -0.25) is 4.79 Å². The van der Waals surface area contributed by atoms with E-state index in [9.17, 15) is 4.79 Å². The first-order valence-corrected chi connectivity index (χ1v) is 8.05. The molecule has 2 unspecified atom stereocenters. The van der Waals surface area contributed by atoms with E-state index in [0.717, 1.165) is 24.8 Å². The third-order valence-corrected chi connectivity index (χ3v) is 4.40. The molecule has 0 heterocycles. The Balaban J connectivity index is 2.02. The van der Waals surface area contributed by atoms with Crippen LogP contribution in [0.5, 0.6) is 0 Å². The number of benzene rings is 1. The predicted molar refractivity (Wildman–Crippen MR) is 87.5 cm³/mol. The molecule has 2 rings (SSSR count). The van der Waals surface area contributed by atoms with E-state index in [1.807, 2.05) is 24.3 Å². The van der Waals surface area contributed by atoms with Crippen LogP contribution in [0.4, 0.5) is 0 Å². The highest BCUT2D eigenvalue weighted by molar-refractivity contribution is 5.94. The van der Waals surface area contributed by atoms with Crippen molar-refractivity contribution in [2.75, 3.05) is 0 Å². The van der Waals surface area contributed by atoms with Crippen LogP contribution >= 0.6 is 0 Å². The van der Waals surface area contributed by atoms with Crippen LogP contribution in [0.15, 0.2) is 24.3 Å². The molecule has 1 fully saturated rings. The molecule has 1 saturated carbocycles. The molecule has 3 N–H and O–H groups in total. The Kier molecular flexibility index (Phi) is 5.04. The van der Waals surface area contributed by atoms with Crippen molar-refractivity contribution in [1.82, 2.24) is 5.32 Å². The molecule has 1 aliphatic carbocycles.